The predicted octanol–water partition coefficient (Wildman–Crippen LogP) is 0.481. The van der Waals surface area contributed by atoms with Crippen LogP contribution in [0.15, 0.2) is 10.8 Å². The number of rotatable bonds is 6. The molecule has 2 atom stereocenters. The summed E-state index contributed by atoms with van der Waals surface area (Å²) in [6.07, 6.45) is -1.23. The van der Waals surface area contributed by atoms with Crippen molar-refractivity contribution in [2.45, 2.75) is 25.6 Å². The molecular weight excluding hydrogens is 242 g/mol. The second kappa shape index (κ2) is 6.48. The standard InChI is InChI=1S/C11H15NO4S/c1-7(14)12-3-2-10(15)11(16)9-6-17-5-8(9)4-13/h4-6,10-11,15-16H,2-3H2,1H3,(H,12,14). The summed E-state index contributed by atoms with van der Waals surface area (Å²) in [5, 5.41) is 25.3. The van der Waals surface area contributed by atoms with Crippen molar-refractivity contribution in [2.24, 2.45) is 0 Å². The van der Waals surface area contributed by atoms with E-state index >= 15 is 0 Å². The molecule has 0 spiro atoms. The molecule has 1 aromatic heterocycles. The van der Waals surface area contributed by atoms with E-state index in [0.717, 1.165) is 0 Å². The first-order chi connectivity index (χ1) is 8.06. The molecule has 0 saturated carbocycles. The molecule has 17 heavy (non-hydrogen) atoms. The Balaban J connectivity index is 2.54. The predicted molar refractivity (Wildman–Crippen MR) is 64.0 cm³/mol. The molecule has 1 amide bonds. The molecule has 1 heterocycles. The van der Waals surface area contributed by atoms with Crippen molar-refractivity contribution < 1.29 is 19.8 Å². The fourth-order valence-electron chi connectivity index (χ4n) is 1.41. The van der Waals surface area contributed by atoms with Crippen molar-refractivity contribution in [3.05, 3.63) is 21.9 Å². The fraction of sp³-hybridized carbons (Fsp3) is 0.455. The second-order valence-electron chi connectivity index (χ2n) is 3.68. The lowest BCUT2D eigenvalue weighted by atomic mass is 10.0. The van der Waals surface area contributed by atoms with Crippen LogP contribution in [0.4, 0.5) is 0 Å². The lowest BCUT2D eigenvalue weighted by Gasteiger charge is -2.17. The van der Waals surface area contributed by atoms with Crippen molar-refractivity contribution in [3.63, 3.8) is 0 Å². The van der Waals surface area contributed by atoms with Crippen LogP contribution in [0, 0.1) is 0 Å². The van der Waals surface area contributed by atoms with Crippen molar-refractivity contribution in [1.29, 1.82) is 0 Å². The van der Waals surface area contributed by atoms with Crippen molar-refractivity contribution in [1.82, 2.24) is 5.32 Å². The van der Waals surface area contributed by atoms with Crippen molar-refractivity contribution in [2.75, 3.05) is 6.54 Å². The molecule has 0 fully saturated rings. The SMILES string of the molecule is CC(=O)NCCC(O)C(O)c1cscc1C=O. The molecule has 0 bridgehead atoms. The number of hydrogen-bond acceptors (Lipinski definition) is 5. The maximum absolute atomic E-state index is 10.7. The van der Waals surface area contributed by atoms with Gasteiger partial charge in [0.2, 0.25) is 5.91 Å². The number of thiophene rings is 1. The summed E-state index contributed by atoms with van der Waals surface area (Å²) in [6, 6.07) is 0. The molecule has 0 saturated heterocycles. The number of hydrogen-bond donors (Lipinski definition) is 3. The van der Waals surface area contributed by atoms with Crippen LogP contribution in [0.5, 0.6) is 0 Å². The van der Waals surface area contributed by atoms with Gasteiger partial charge in [-0.2, -0.15) is 11.3 Å². The van der Waals surface area contributed by atoms with E-state index in [1.807, 2.05) is 0 Å². The minimum atomic E-state index is -1.10. The van der Waals surface area contributed by atoms with E-state index < -0.39 is 12.2 Å². The molecule has 1 rings (SSSR count). The minimum Gasteiger partial charge on any atom is -0.390 e. The highest BCUT2D eigenvalue weighted by Gasteiger charge is 2.21. The summed E-state index contributed by atoms with van der Waals surface area (Å²) in [4.78, 5) is 21.3. The van der Waals surface area contributed by atoms with Gasteiger partial charge >= 0.3 is 0 Å². The molecule has 0 aliphatic carbocycles. The average Bonchev–Trinajstić information content (AvgIpc) is 2.75. The molecule has 0 aromatic carbocycles. The number of carbonyl (C=O) groups excluding carboxylic acids is 2. The maximum atomic E-state index is 10.7. The van der Waals surface area contributed by atoms with Gasteiger partial charge < -0.3 is 15.5 Å². The van der Waals surface area contributed by atoms with E-state index in [9.17, 15) is 19.8 Å². The van der Waals surface area contributed by atoms with E-state index in [1.165, 1.54) is 18.3 Å². The first-order valence-corrected chi connectivity index (χ1v) is 6.12. The molecule has 0 radical (unpaired) electrons. The van der Waals surface area contributed by atoms with Crippen LogP contribution in [0.1, 0.15) is 35.4 Å². The van der Waals surface area contributed by atoms with Crippen LogP contribution in [-0.2, 0) is 4.79 Å². The highest BCUT2D eigenvalue weighted by molar-refractivity contribution is 7.08. The normalized spacial score (nSPS) is 14.1. The molecule has 2 unspecified atom stereocenters. The molecular formula is C11H15NO4S. The summed E-state index contributed by atoms with van der Waals surface area (Å²) < 4.78 is 0. The number of nitrogens with one attached hydrogen (secondary N) is 1. The van der Waals surface area contributed by atoms with Crippen molar-refractivity contribution >= 4 is 23.5 Å². The molecule has 5 nitrogen and oxygen atoms in total. The summed E-state index contributed by atoms with van der Waals surface area (Å²) in [5.74, 6) is -0.184. The Kier molecular flexibility index (Phi) is 5.27. The largest absolute Gasteiger partial charge is 0.390 e. The maximum Gasteiger partial charge on any atom is 0.216 e. The Hall–Kier alpha value is -1.24. The van der Waals surface area contributed by atoms with Gasteiger partial charge in [-0.25, -0.2) is 0 Å². The van der Waals surface area contributed by atoms with E-state index in [-0.39, 0.29) is 18.9 Å². The second-order valence-corrected chi connectivity index (χ2v) is 4.43. The zero-order valence-corrected chi connectivity index (χ0v) is 10.2. The third kappa shape index (κ3) is 3.92. The number of aldehydes is 1. The first kappa shape index (κ1) is 13.8. The van der Waals surface area contributed by atoms with E-state index in [2.05, 4.69) is 5.32 Å². The monoisotopic (exact) mass is 257 g/mol. The van der Waals surface area contributed by atoms with Crippen LogP contribution in [0.25, 0.3) is 0 Å². The molecule has 6 heteroatoms. The molecule has 0 aliphatic rings. The van der Waals surface area contributed by atoms with Gasteiger partial charge in [0.05, 0.1) is 6.10 Å². The van der Waals surface area contributed by atoms with Gasteiger partial charge in [0.15, 0.2) is 6.29 Å². The van der Waals surface area contributed by atoms with E-state index in [4.69, 9.17) is 0 Å². The summed E-state index contributed by atoms with van der Waals surface area (Å²) in [6.45, 7) is 1.67. The Labute approximate surface area is 103 Å². The molecule has 94 valence electrons. The quantitative estimate of drug-likeness (QED) is 0.647. The van der Waals surface area contributed by atoms with Crippen molar-refractivity contribution in [3.8, 4) is 0 Å². The number of amides is 1. The average molecular weight is 257 g/mol. The Morgan fingerprint density at radius 2 is 2.24 bits per heavy atom. The zero-order chi connectivity index (χ0) is 12.8. The summed E-state index contributed by atoms with van der Waals surface area (Å²) in [7, 11) is 0. The van der Waals surface area contributed by atoms with Gasteiger partial charge in [-0.05, 0) is 11.8 Å². The van der Waals surface area contributed by atoms with Crippen LogP contribution in [0.2, 0.25) is 0 Å². The van der Waals surface area contributed by atoms with E-state index in [1.54, 1.807) is 10.8 Å². The van der Waals surface area contributed by atoms with Gasteiger partial charge in [-0.15, -0.1) is 0 Å². The van der Waals surface area contributed by atoms with Gasteiger partial charge in [0.1, 0.15) is 6.10 Å². The molecule has 1 aromatic rings. The number of aliphatic hydroxyl groups excluding tert-OH is 2. The minimum absolute atomic E-state index is 0.184. The summed E-state index contributed by atoms with van der Waals surface area (Å²) in [5.41, 5.74) is 0.821. The first-order valence-electron chi connectivity index (χ1n) is 5.18. The van der Waals surface area contributed by atoms with Gasteiger partial charge in [0.25, 0.3) is 0 Å². The van der Waals surface area contributed by atoms with Crippen LogP contribution in [-0.4, -0.2) is 35.1 Å². The smallest absolute Gasteiger partial charge is 0.216 e. The lowest BCUT2D eigenvalue weighted by Crippen LogP contribution is -2.27. The Morgan fingerprint density at radius 3 is 2.82 bits per heavy atom. The lowest BCUT2D eigenvalue weighted by molar-refractivity contribution is -0.119. The third-order valence-electron chi connectivity index (χ3n) is 2.35. The highest BCUT2D eigenvalue weighted by atomic mass is 32.1. The highest BCUT2D eigenvalue weighted by Crippen LogP contribution is 2.24. The van der Waals surface area contributed by atoms with Gasteiger partial charge in [-0.3, -0.25) is 9.59 Å². The molecule has 0 aliphatic heterocycles. The van der Waals surface area contributed by atoms with Gasteiger partial charge in [0, 0.05) is 30.0 Å². The van der Waals surface area contributed by atoms with Crippen LogP contribution < -0.4 is 5.32 Å². The zero-order valence-electron chi connectivity index (χ0n) is 9.42. The summed E-state index contributed by atoms with van der Waals surface area (Å²) >= 11 is 1.29. The topological polar surface area (TPSA) is 86.6 Å². The molecule has 3 N–H and O–H groups in total. The number of carbonyl (C=O) groups is 2. The third-order valence-corrected chi connectivity index (χ3v) is 3.13. The number of aliphatic hydroxyl groups is 2. The fourth-order valence-corrected chi connectivity index (χ4v) is 2.24. The Morgan fingerprint density at radius 1 is 1.53 bits per heavy atom. The van der Waals surface area contributed by atoms with Gasteiger partial charge in [-0.1, -0.05) is 0 Å². The van der Waals surface area contributed by atoms with Crippen LogP contribution in [0.3, 0.4) is 0 Å². The van der Waals surface area contributed by atoms with E-state index in [0.29, 0.717) is 17.4 Å². The van der Waals surface area contributed by atoms with Crippen LogP contribution >= 0.6 is 11.3 Å². The Bertz CT molecular complexity index is 391.